The zero-order chi connectivity index (χ0) is 11.3. The Morgan fingerprint density at radius 2 is 2.13 bits per heavy atom. The van der Waals surface area contributed by atoms with Gasteiger partial charge in [-0.1, -0.05) is 12.2 Å². The molecule has 1 rings (SSSR count). The fourth-order valence-corrected chi connectivity index (χ4v) is 2.09. The first kappa shape index (κ1) is 12.4. The second-order valence-electron chi connectivity index (χ2n) is 2.97. The molecular formula is C12H15IO2. The molecule has 0 saturated heterocycles. The molecule has 0 amide bonds. The third-order valence-corrected chi connectivity index (χ3v) is 2.70. The Labute approximate surface area is 104 Å². The maximum Gasteiger partial charge on any atom is 0.174 e. The van der Waals surface area contributed by atoms with Gasteiger partial charge >= 0.3 is 0 Å². The van der Waals surface area contributed by atoms with Crippen molar-refractivity contribution in [1.29, 1.82) is 0 Å². The molecule has 0 aromatic heterocycles. The summed E-state index contributed by atoms with van der Waals surface area (Å²) in [6.07, 6.45) is 4.05. The number of allylic oxidation sites excluding steroid dienone is 1. The summed E-state index contributed by atoms with van der Waals surface area (Å²) in [6, 6.07) is 4.06. The summed E-state index contributed by atoms with van der Waals surface area (Å²) in [5, 5.41) is 0. The zero-order valence-corrected chi connectivity index (χ0v) is 11.4. The first-order chi connectivity index (χ1) is 7.22. The van der Waals surface area contributed by atoms with Crippen LogP contribution in [0.15, 0.2) is 18.2 Å². The van der Waals surface area contributed by atoms with Gasteiger partial charge in [0.1, 0.15) is 0 Å². The monoisotopic (exact) mass is 318 g/mol. The van der Waals surface area contributed by atoms with Gasteiger partial charge in [-0.3, -0.25) is 0 Å². The quantitative estimate of drug-likeness (QED) is 0.788. The third kappa shape index (κ3) is 3.12. The van der Waals surface area contributed by atoms with Gasteiger partial charge in [0.05, 0.1) is 17.3 Å². The zero-order valence-electron chi connectivity index (χ0n) is 9.21. The molecule has 0 saturated carbocycles. The Morgan fingerprint density at radius 3 is 2.67 bits per heavy atom. The topological polar surface area (TPSA) is 18.5 Å². The number of rotatable bonds is 4. The number of methoxy groups -OCH3 is 1. The molecule has 15 heavy (non-hydrogen) atoms. The van der Waals surface area contributed by atoms with Crippen LogP contribution in [-0.4, -0.2) is 13.7 Å². The summed E-state index contributed by atoms with van der Waals surface area (Å²) >= 11 is 2.26. The SMILES string of the molecule is C/C=C/c1cc(I)c(OCC)c(OC)c1. The van der Waals surface area contributed by atoms with Crippen LogP contribution in [-0.2, 0) is 0 Å². The molecule has 0 aliphatic rings. The lowest BCUT2D eigenvalue weighted by Gasteiger charge is -2.12. The van der Waals surface area contributed by atoms with Crippen LogP contribution in [0, 0.1) is 3.57 Å². The Balaban J connectivity index is 3.17. The van der Waals surface area contributed by atoms with Crippen molar-refractivity contribution in [3.63, 3.8) is 0 Å². The van der Waals surface area contributed by atoms with Crippen LogP contribution >= 0.6 is 22.6 Å². The van der Waals surface area contributed by atoms with Gasteiger partial charge in [0.15, 0.2) is 11.5 Å². The fraction of sp³-hybridized carbons (Fsp3) is 0.333. The molecule has 2 nitrogen and oxygen atoms in total. The van der Waals surface area contributed by atoms with Crippen molar-refractivity contribution in [2.75, 3.05) is 13.7 Å². The van der Waals surface area contributed by atoms with E-state index in [0.29, 0.717) is 6.61 Å². The van der Waals surface area contributed by atoms with Crippen LogP contribution in [0.2, 0.25) is 0 Å². The maximum atomic E-state index is 5.54. The van der Waals surface area contributed by atoms with Gasteiger partial charge in [-0.2, -0.15) is 0 Å². The molecule has 1 aromatic carbocycles. The average Bonchev–Trinajstić information content (AvgIpc) is 2.22. The molecule has 0 fully saturated rings. The minimum Gasteiger partial charge on any atom is -0.493 e. The van der Waals surface area contributed by atoms with Crippen LogP contribution in [0.3, 0.4) is 0 Å². The molecule has 0 N–H and O–H groups in total. The highest BCUT2D eigenvalue weighted by Gasteiger charge is 2.09. The van der Waals surface area contributed by atoms with Gasteiger partial charge in [0, 0.05) is 0 Å². The first-order valence-corrected chi connectivity index (χ1v) is 5.93. The predicted molar refractivity (Wildman–Crippen MR) is 71.6 cm³/mol. The van der Waals surface area contributed by atoms with E-state index in [2.05, 4.69) is 28.7 Å². The molecule has 3 heteroatoms. The van der Waals surface area contributed by atoms with Gasteiger partial charge in [0.2, 0.25) is 0 Å². The van der Waals surface area contributed by atoms with E-state index in [9.17, 15) is 0 Å². The second kappa shape index (κ2) is 6.00. The molecule has 0 unspecified atom stereocenters. The lowest BCUT2D eigenvalue weighted by molar-refractivity contribution is 0.308. The van der Waals surface area contributed by atoms with E-state index >= 15 is 0 Å². The molecule has 0 radical (unpaired) electrons. The molecule has 0 aliphatic carbocycles. The molecule has 0 aliphatic heterocycles. The highest BCUT2D eigenvalue weighted by atomic mass is 127. The Hall–Kier alpha value is -0.710. The summed E-state index contributed by atoms with van der Waals surface area (Å²) in [5.74, 6) is 1.62. The summed E-state index contributed by atoms with van der Waals surface area (Å²) in [4.78, 5) is 0. The van der Waals surface area contributed by atoms with Crippen molar-refractivity contribution < 1.29 is 9.47 Å². The van der Waals surface area contributed by atoms with Crippen molar-refractivity contribution in [1.82, 2.24) is 0 Å². The van der Waals surface area contributed by atoms with E-state index in [4.69, 9.17) is 9.47 Å². The highest BCUT2D eigenvalue weighted by molar-refractivity contribution is 14.1. The molecule has 0 spiro atoms. The second-order valence-corrected chi connectivity index (χ2v) is 4.13. The average molecular weight is 318 g/mol. The Bertz CT molecular complexity index is 359. The highest BCUT2D eigenvalue weighted by Crippen LogP contribution is 2.34. The van der Waals surface area contributed by atoms with E-state index in [1.165, 1.54) is 0 Å². The number of halogens is 1. The lowest BCUT2D eigenvalue weighted by atomic mass is 10.2. The van der Waals surface area contributed by atoms with E-state index < -0.39 is 0 Å². The Morgan fingerprint density at radius 1 is 1.40 bits per heavy atom. The smallest absolute Gasteiger partial charge is 0.174 e. The molecule has 0 bridgehead atoms. The van der Waals surface area contributed by atoms with Gasteiger partial charge in [-0.15, -0.1) is 0 Å². The van der Waals surface area contributed by atoms with E-state index in [-0.39, 0.29) is 0 Å². The van der Waals surface area contributed by atoms with Crippen molar-refractivity contribution in [3.8, 4) is 11.5 Å². The minimum atomic E-state index is 0.648. The summed E-state index contributed by atoms with van der Waals surface area (Å²) in [5.41, 5.74) is 1.13. The van der Waals surface area contributed by atoms with Crippen LogP contribution in [0.5, 0.6) is 11.5 Å². The van der Waals surface area contributed by atoms with Crippen LogP contribution in [0.4, 0.5) is 0 Å². The van der Waals surface area contributed by atoms with E-state index in [1.54, 1.807) is 7.11 Å². The van der Waals surface area contributed by atoms with Crippen LogP contribution < -0.4 is 9.47 Å². The first-order valence-electron chi connectivity index (χ1n) is 4.86. The van der Waals surface area contributed by atoms with Gasteiger partial charge in [-0.05, 0) is 54.1 Å². The molecule has 82 valence electrons. The molecule has 1 aromatic rings. The number of ether oxygens (including phenoxy) is 2. The standard InChI is InChI=1S/C12H15IO2/c1-4-6-9-7-10(13)12(15-5-2)11(8-9)14-3/h4,6-8H,5H2,1-3H3/b6-4+. The van der Waals surface area contributed by atoms with Gasteiger partial charge < -0.3 is 9.47 Å². The lowest BCUT2D eigenvalue weighted by Crippen LogP contribution is -1.98. The largest absolute Gasteiger partial charge is 0.493 e. The van der Waals surface area contributed by atoms with Gasteiger partial charge in [0.25, 0.3) is 0 Å². The van der Waals surface area contributed by atoms with Gasteiger partial charge in [-0.25, -0.2) is 0 Å². The minimum absolute atomic E-state index is 0.648. The van der Waals surface area contributed by atoms with Crippen molar-refractivity contribution >= 4 is 28.7 Å². The number of benzene rings is 1. The van der Waals surface area contributed by atoms with Crippen molar-refractivity contribution in [2.24, 2.45) is 0 Å². The maximum absolute atomic E-state index is 5.54. The predicted octanol–water partition coefficient (Wildman–Crippen LogP) is 3.73. The summed E-state index contributed by atoms with van der Waals surface area (Å²) < 4.78 is 11.9. The molecular weight excluding hydrogens is 303 g/mol. The molecule has 0 heterocycles. The fourth-order valence-electron chi connectivity index (χ4n) is 1.31. The van der Waals surface area contributed by atoms with Crippen LogP contribution in [0.1, 0.15) is 19.4 Å². The third-order valence-electron chi connectivity index (χ3n) is 1.90. The van der Waals surface area contributed by atoms with Crippen molar-refractivity contribution in [3.05, 3.63) is 27.3 Å². The van der Waals surface area contributed by atoms with E-state index in [0.717, 1.165) is 20.6 Å². The van der Waals surface area contributed by atoms with Crippen LogP contribution in [0.25, 0.3) is 6.08 Å². The summed E-state index contributed by atoms with van der Waals surface area (Å²) in [7, 11) is 1.66. The van der Waals surface area contributed by atoms with E-state index in [1.807, 2.05) is 32.1 Å². The number of hydrogen-bond acceptors (Lipinski definition) is 2. The normalized spacial score (nSPS) is 10.7. The summed E-state index contributed by atoms with van der Waals surface area (Å²) in [6.45, 7) is 4.61. The van der Waals surface area contributed by atoms with Crippen molar-refractivity contribution in [2.45, 2.75) is 13.8 Å². The molecule has 0 atom stereocenters. The Kier molecular flexibility index (Phi) is 4.94. The number of hydrogen-bond donors (Lipinski definition) is 0.